The predicted molar refractivity (Wildman–Crippen MR) is 105 cm³/mol. The summed E-state index contributed by atoms with van der Waals surface area (Å²) in [7, 11) is 0. The highest BCUT2D eigenvalue weighted by Gasteiger charge is 2.34. The third-order valence-corrected chi connectivity index (χ3v) is 6.22. The molecule has 0 aromatic carbocycles. The molecule has 2 aliphatic rings. The summed E-state index contributed by atoms with van der Waals surface area (Å²) < 4.78 is 7.88. The van der Waals surface area contributed by atoms with Gasteiger partial charge in [-0.05, 0) is 32.0 Å². The van der Waals surface area contributed by atoms with Gasteiger partial charge >= 0.3 is 0 Å². The molecule has 1 aliphatic carbocycles. The van der Waals surface area contributed by atoms with Crippen molar-refractivity contribution in [2.75, 3.05) is 31.1 Å². The van der Waals surface area contributed by atoms with Gasteiger partial charge in [0, 0.05) is 45.2 Å². The number of hydrogen-bond donors (Lipinski definition) is 0. The molecular weight excluding hydrogens is 384 g/mol. The molecule has 1 saturated heterocycles. The second-order valence-corrected chi connectivity index (χ2v) is 8.84. The number of carbonyl (C=O) groups excluding carboxylic acids is 1. The van der Waals surface area contributed by atoms with Gasteiger partial charge in [0.15, 0.2) is 9.71 Å². The molecule has 0 bridgehead atoms. The lowest BCUT2D eigenvalue weighted by Gasteiger charge is -2.33. The fourth-order valence-corrected chi connectivity index (χ4v) is 4.55. The fraction of sp³-hybridized carbons (Fsp3) is 0.647. The molecule has 3 heterocycles. The Morgan fingerprint density at radius 1 is 1.33 bits per heavy atom. The summed E-state index contributed by atoms with van der Waals surface area (Å²) in [6.45, 7) is 8.82. The van der Waals surface area contributed by atoms with Crippen LogP contribution in [0.5, 0.6) is 0 Å². The molecule has 2 aromatic rings. The van der Waals surface area contributed by atoms with Crippen molar-refractivity contribution < 1.29 is 9.32 Å². The third kappa shape index (κ3) is 4.45. The number of amides is 1. The molecule has 146 valence electrons. The van der Waals surface area contributed by atoms with Gasteiger partial charge in [0.2, 0.25) is 11.0 Å². The number of nitrogens with zero attached hydrogens (tertiary/aromatic N) is 6. The molecule has 1 aliphatic heterocycles. The van der Waals surface area contributed by atoms with E-state index >= 15 is 0 Å². The molecule has 0 unspecified atom stereocenters. The van der Waals surface area contributed by atoms with E-state index in [0.717, 1.165) is 66.1 Å². The van der Waals surface area contributed by atoms with E-state index in [4.69, 9.17) is 16.7 Å². The first-order valence-corrected chi connectivity index (χ1v) is 10.5. The minimum Gasteiger partial charge on any atom is -0.360 e. The van der Waals surface area contributed by atoms with E-state index in [2.05, 4.69) is 20.1 Å². The zero-order valence-electron chi connectivity index (χ0n) is 15.6. The van der Waals surface area contributed by atoms with Crippen molar-refractivity contribution in [2.45, 2.75) is 45.9 Å². The summed E-state index contributed by atoms with van der Waals surface area (Å²) in [5.41, 5.74) is 0.920. The Kier molecular flexibility index (Phi) is 5.40. The van der Waals surface area contributed by atoms with Gasteiger partial charge in [-0.2, -0.15) is 0 Å². The molecule has 27 heavy (non-hydrogen) atoms. The van der Waals surface area contributed by atoms with E-state index in [9.17, 15) is 4.79 Å². The van der Waals surface area contributed by atoms with Crippen molar-refractivity contribution in [3.8, 4) is 0 Å². The highest BCUT2D eigenvalue weighted by atomic mass is 32.1. The normalized spacial score (nSPS) is 18.7. The largest absolute Gasteiger partial charge is 0.360 e. The zero-order chi connectivity index (χ0) is 19.0. The quantitative estimate of drug-likeness (QED) is 0.679. The topological polar surface area (TPSA) is 70.6 Å². The van der Waals surface area contributed by atoms with Crippen molar-refractivity contribution in [1.82, 2.24) is 24.7 Å². The lowest BCUT2D eigenvalue weighted by molar-refractivity contribution is -0.116. The van der Waals surface area contributed by atoms with Crippen molar-refractivity contribution in [3.63, 3.8) is 0 Å². The number of aromatic nitrogens is 3. The maximum absolute atomic E-state index is 11.9. The maximum Gasteiger partial charge on any atom is 0.225 e. The van der Waals surface area contributed by atoms with Crippen LogP contribution in [0.2, 0.25) is 0 Å². The van der Waals surface area contributed by atoms with Crippen molar-refractivity contribution in [2.24, 2.45) is 0 Å². The van der Waals surface area contributed by atoms with Gasteiger partial charge in [0.25, 0.3) is 0 Å². The van der Waals surface area contributed by atoms with E-state index < -0.39 is 0 Å². The first-order chi connectivity index (χ1) is 13.0. The SMILES string of the molecule is CC(=O)N(c1nn(CN2CCN(Cc3cc(C)no3)CC2)c(=S)s1)C1CC1. The molecule has 10 heteroatoms. The van der Waals surface area contributed by atoms with Crippen LogP contribution in [0.1, 0.15) is 31.2 Å². The summed E-state index contributed by atoms with van der Waals surface area (Å²) in [4.78, 5) is 18.5. The smallest absolute Gasteiger partial charge is 0.225 e. The molecule has 4 rings (SSSR count). The number of aryl methyl sites for hydroxylation is 1. The van der Waals surface area contributed by atoms with Crippen LogP contribution in [0, 0.1) is 10.9 Å². The average molecular weight is 409 g/mol. The van der Waals surface area contributed by atoms with Gasteiger partial charge in [-0.15, -0.1) is 5.10 Å². The summed E-state index contributed by atoms with van der Waals surface area (Å²) >= 11 is 6.92. The van der Waals surface area contributed by atoms with Crippen LogP contribution in [0.15, 0.2) is 10.6 Å². The third-order valence-electron chi connectivity index (χ3n) is 4.91. The van der Waals surface area contributed by atoms with Crippen LogP contribution >= 0.6 is 23.6 Å². The molecule has 2 aromatic heterocycles. The standard InChI is InChI=1S/C17H24N6O2S2/c1-12-9-15(25-19-12)10-20-5-7-21(8-6-20)11-22-17(26)27-16(18-22)23(13(2)24)14-3-4-14/h9,14H,3-8,10-11H2,1-2H3. The summed E-state index contributed by atoms with van der Waals surface area (Å²) in [6, 6.07) is 2.29. The lowest BCUT2D eigenvalue weighted by Crippen LogP contribution is -2.46. The first-order valence-electron chi connectivity index (χ1n) is 9.24. The Hall–Kier alpha value is -1.62. The Morgan fingerprint density at radius 3 is 2.63 bits per heavy atom. The van der Waals surface area contributed by atoms with E-state index in [0.29, 0.717) is 12.7 Å². The number of carbonyl (C=O) groups is 1. The maximum atomic E-state index is 11.9. The number of hydrogen-bond acceptors (Lipinski definition) is 8. The molecule has 8 nitrogen and oxygen atoms in total. The van der Waals surface area contributed by atoms with Crippen LogP contribution in [0.3, 0.4) is 0 Å². The van der Waals surface area contributed by atoms with Crippen LogP contribution in [0.25, 0.3) is 0 Å². The van der Waals surface area contributed by atoms with Gasteiger partial charge in [0.1, 0.15) is 0 Å². The molecule has 0 N–H and O–H groups in total. The Bertz CT molecular complexity index is 863. The first kappa shape index (κ1) is 18.7. The highest BCUT2D eigenvalue weighted by molar-refractivity contribution is 7.73. The number of anilines is 1. The summed E-state index contributed by atoms with van der Waals surface area (Å²) in [6.07, 6.45) is 2.11. The average Bonchev–Trinajstić information content (AvgIpc) is 3.27. The molecular formula is C17H24N6O2S2. The Balaban J connectivity index is 1.34. The van der Waals surface area contributed by atoms with Gasteiger partial charge in [-0.1, -0.05) is 16.5 Å². The van der Waals surface area contributed by atoms with Gasteiger partial charge in [-0.25, -0.2) is 4.68 Å². The van der Waals surface area contributed by atoms with Crippen molar-refractivity contribution in [1.29, 1.82) is 0 Å². The molecule has 1 saturated carbocycles. The predicted octanol–water partition coefficient (Wildman–Crippen LogP) is 2.26. The van der Waals surface area contributed by atoms with Crippen molar-refractivity contribution in [3.05, 3.63) is 21.5 Å². The fourth-order valence-electron chi connectivity index (χ4n) is 3.35. The second-order valence-electron chi connectivity index (χ2n) is 7.24. The molecule has 2 fully saturated rings. The number of piperazine rings is 1. The molecule has 1 amide bonds. The lowest BCUT2D eigenvalue weighted by atomic mass is 10.3. The minimum atomic E-state index is 0.0460. The van der Waals surface area contributed by atoms with Gasteiger partial charge in [-0.3, -0.25) is 19.5 Å². The van der Waals surface area contributed by atoms with E-state index in [1.165, 1.54) is 11.3 Å². The molecule has 0 spiro atoms. The second kappa shape index (κ2) is 7.78. The zero-order valence-corrected chi connectivity index (χ0v) is 17.3. The van der Waals surface area contributed by atoms with Gasteiger partial charge in [0.05, 0.1) is 18.9 Å². The summed E-state index contributed by atoms with van der Waals surface area (Å²) in [5.74, 6) is 0.960. The van der Waals surface area contributed by atoms with E-state index in [1.54, 1.807) is 11.8 Å². The summed E-state index contributed by atoms with van der Waals surface area (Å²) in [5, 5.41) is 9.31. The molecule has 0 atom stereocenters. The van der Waals surface area contributed by atoms with E-state index in [-0.39, 0.29) is 5.91 Å². The Morgan fingerprint density at radius 2 is 2.04 bits per heavy atom. The van der Waals surface area contributed by atoms with E-state index in [1.807, 2.05) is 17.7 Å². The van der Waals surface area contributed by atoms with Crippen LogP contribution in [-0.2, 0) is 18.0 Å². The molecule has 0 radical (unpaired) electrons. The van der Waals surface area contributed by atoms with Crippen LogP contribution < -0.4 is 4.90 Å². The van der Waals surface area contributed by atoms with Crippen molar-refractivity contribution >= 4 is 34.6 Å². The minimum absolute atomic E-state index is 0.0460. The van der Waals surface area contributed by atoms with Gasteiger partial charge < -0.3 is 4.52 Å². The highest BCUT2D eigenvalue weighted by Crippen LogP contribution is 2.33. The monoisotopic (exact) mass is 408 g/mol. The van der Waals surface area contributed by atoms with Crippen LogP contribution in [-0.4, -0.2) is 62.9 Å². The Labute approximate surface area is 167 Å². The van der Waals surface area contributed by atoms with Crippen LogP contribution in [0.4, 0.5) is 5.13 Å². The number of rotatable bonds is 6.